The molecule has 1 aromatic heterocycles. The number of hydrogen-bond donors (Lipinski definition) is 1. The highest BCUT2D eigenvalue weighted by Gasteiger charge is 2.26. The summed E-state index contributed by atoms with van der Waals surface area (Å²) >= 11 is 0. The average Bonchev–Trinajstić information content (AvgIpc) is 2.91. The molecule has 1 fully saturated rings. The van der Waals surface area contributed by atoms with Crippen molar-refractivity contribution in [2.75, 3.05) is 33.3 Å². The van der Waals surface area contributed by atoms with E-state index in [0.29, 0.717) is 26.2 Å². The second-order valence-electron chi connectivity index (χ2n) is 3.48. The average molecular weight is 240 g/mol. The van der Waals surface area contributed by atoms with Crippen LogP contribution in [0.4, 0.5) is 4.79 Å². The number of tetrazole rings is 1. The van der Waals surface area contributed by atoms with Crippen molar-refractivity contribution in [3.8, 4) is 0 Å². The van der Waals surface area contributed by atoms with Crippen LogP contribution in [0.25, 0.3) is 0 Å². The zero-order valence-electron chi connectivity index (χ0n) is 9.29. The SMILES string of the molecule is COC(=O)N1CCN(C(=O)c2nn[nH]n2)CC1. The Balaban J connectivity index is 1.91. The zero-order chi connectivity index (χ0) is 12.3. The van der Waals surface area contributed by atoms with Gasteiger partial charge in [0.25, 0.3) is 11.7 Å². The largest absolute Gasteiger partial charge is 0.453 e. The fourth-order valence-electron chi connectivity index (χ4n) is 1.62. The summed E-state index contributed by atoms with van der Waals surface area (Å²) in [7, 11) is 1.33. The van der Waals surface area contributed by atoms with Crippen molar-refractivity contribution in [2.24, 2.45) is 0 Å². The first kappa shape index (κ1) is 11.3. The number of carbonyl (C=O) groups excluding carboxylic acids is 2. The molecule has 0 aromatic carbocycles. The van der Waals surface area contributed by atoms with Gasteiger partial charge in [0.15, 0.2) is 0 Å². The van der Waals surface area contributed by atoms with Crippen LogP contribution in [0, 0.1) is 0 Å². The van der Waals surface area contributed by atoms with Crippen LogP contribution in [-0.4, -0.2) is 75.7 Å². The van der Waals surface area contributed by atoms with Gasteiger partial charge in [-0.3, -0.25) is 4.79 Å². The Hall–Kier alpha value is -2.19. The van der Waals surface area contributed by atoms with E-state index >= 15 is 0 Å². The molecule has 0 atom stereocenters. The number of H-pyrrole nitrogens is 1. The van der Waals surface area contributed by atoms with E-state index in [1.54, 1.807) is 9.80 Å². The highest BCUT2D eigenvalue weighted by Crippen LogP contribution is 2.05. The van der Waals surface area contributed by atoms with Crippen LogP contribution in [0.1, 0.15) is 10.6 Å². The molecule has 1 aliphatic heterocycles. The molecule has 0 spiro atoms. The lowest BCUT2D eigenvalue weighted by molar-refractivity contribution is 0.0589. The number of nitrogens with zero attached hydrogens (tertiary/aromatic N) is 5. The van der Waals surface area contributed by atoms with Crippen LogP contribution in [-0.2, 0) is 4.74 Å². The summed E-state index contributed by atoms with van der Waals surface area (Å²) in [5.74, 6) is -0.250. The number of rotatable bonds is 1. The van der Waals surface area contributed by atoms with Gasteiger partial charge in [0.05, 0.1) is 7.11 Å². The Morgan fingerprint density at radius 1 is 1.24 bits per heavy atom. The van der Waals surface area contributed by atoms with Crippen LogP contribution in [0.5, 0.6) is 0 Å². The smallest absolute Gasteiger partial charge is 0.409 e. The summed E-state index contributed by atoms with van der Waals surface area (Å²) < 4.78 is 4.60. The predicted octanol–water partition coefficient (Wildman–Crippen LogP) is -1.28. The second-order valence-corrected chi connectivity index (χ2v) is 3.48. The lowest BCUT2D eigenvalue weighted by Crippen LogP contribution is -2.50. The maximum Gasteiger partial charge on any atom is 0.409 e. The van der Waals surface area contributed by atoms with Gasteiger partial charge in [0.1, 0.15) is 0 Å². The molecule has 0 radical (unpaired) electrons. The summed E-state index contributed by atoms with van der Waals surface area (Å²) in [6, 6.07) is 0. The molecule has 0 saturated carbocycles. The van der Waals surface area contributed by atoms with E-state index in [1.165, 1.54) is 7.11 Å². The van der Waals surface area contributed by atoms with E-state index < -0.39 is 0 Å². The Morgan fingerprint density at radius 2 is 1.88 bits per heavy atom. The molecule has 92 valence electrons. The van der Waals surface area contributed by atoms with E-state index in [0.717, 1.165) is 0 Å². The van der Waals surface area contributed by atoms with Crippen molar-refractivity contribution >= 4 is 12.0 Å². The molecule has 1 saturated heterocycles. The molecule has 0 bridgehead atoms. The topological polar surface area (TPSA) is 104 Å². The standard InChI is InChI=1S/C8H12N6O3/c1-17-8(16)14-4-2-13(3-5-14)7(15)6-9-11-12-10-6/h2-5H2,1H3,(H,9,10,11,12). The van der Waals surface area contributed by atoms with Crippen LogP contribution in [0.15, 0.2) is 0 Å². The number of nitrogens with one attached hydrogen (secondary N) is 1. The number of methoxy groups -OCH3 is 1. The predicted molar refractivity (Wildman–Crippen MR) is 54.1 cm³/mol. The Labute approximate surface area is 96.7 Å². The van der Waals surface area contributed by atoms with Crippen molar-refractivity contribution in [1.29, 1.82) is 0 Å². The van der Waals surface area contributed by atoms with Gasteiger partial charge in [0, 0.05) is 26.2 Å². The van der Waals surface area contributed by atoms with Gasteiger partial charge in [-0.2, -0.15) is 5.21 Å². The van der Waals surface area contributed by atoms with Gasteiger partial charge >= 0.3 is 6.09 Å². The third-order valence-electron chi connectivity index (χ3n) is 2.54. The summed E-state index contributed by atoms with van der Waals surface area (Å²) in [4.78, 5) is 26.2. The number of amides is 2. The van der Waals surface area contributed by atoms with Crippen molar-refractivity contribution in [1.82, 2.24) is 30.4 Å². The molecule has 1 aliphatic rings. The third-order valence-corrected chi connectivity index (χ3v) is 2.54. The van der Waals surface area contributed by atoms with Gasteiger partial charge in [-0.15, -0.1) is 10.2 Å². The first-order valence-corrected chi connectivity index (χ1v) is 5.08. The molecule has 2 amide bonds. The Morgan fingerprint density at radius 3 is 2.41 bits per heavy atom. The van der Waals surface area contributed by atoms with E-state index in [1.807, 2.05) is 0 Å². The van der Waals surface area contributed by atoms with Crippen LogP contribution < -0.4 is 0 Å². The molecular formula is C8H12N6O3. The minimum absolute atomic E-state index is 0.0384. The quantitative estimate of drug-likeness (QED) is 0.655. The molecule has 2 heterocycles. The molecule has 9 nitrogen and oxygen atoms in total. The second kappa shape index (κ2) is 4.76. The van der Waals surface area contributed by atoms with Gasteiger partial charge in [0.2, 0.25) is 0 Å². The molecule has 2 rings (SSSR count). The van der Waals surface area contributed by atoms with Crippen molar-refractivity contribution in [3.05, 3.63) is 5.82 Å². The highest BCUT2D eigenvalue weighted by molar-refractivity contribution is 5.90. The number of hydrogen-bond acceptors (Lipinski definition) is 6. The minimum atomic E-state index is -0.378. The number of aromatic amines is 1. The number of piperazine rings is 1. The molecule has 1 N–H and O–H groups in total. The van der Waals surface area contributed by atoms with Crippen LogP contribution >= 0.6 is 0 Å². The maximum atomic E-state index is 11.8. The highest BCUT2D eigenvalue weighted by atomic mass is 16.5. The molecular weight excluding hydrogens is 228 g/mol. The van der Waals surface area contributed by atoms with Crippen LogP contribution in [0.3, 0.4) is 0 Å². The van der Waals surface area contributed by atoms with Gasteiger partial charge < -0.3 is 14.5 Å². The first-order chi connectivity index (χ1) is 8.22. The fraction of sp³-hybridized carbons (Fsp3) is 0.625. The minimum Gasteiger partial charge on any atom is -0.453 e. The Bertz CT molecular complexity index is 397. The molecule has 1 aromatic rings. The van der Waals surface area contributed by atoms with E-state index in [-0.39, 0.29) is 17.8 Å². The van der Waals surface area contributed by atoms with Gasteiger partial charge in [-0.05, 0) is 5.21 Å². The van der Waals surface area contributed by atoms with Crippen molar-refractivity contribution in [2.45, 2.75) is 0 Å². The molecule has 17 heavy (non-hydrogen) atoms. The summed E-state index contributed by atoms with van der Waals surface area (Å²) in [5, 5.41) is 12.8. The van der Waals surface area contributed by atoms with Gasteiger partial charge in [-0.1, -0.05) is 0 Å². The van der Waals surface area contributed by atoms with Gasteiger partial charge in [-0.25, -0.2) is 4.79 Å². The summed E-state index contributed by atoms with van der Waals surface area (Å²) in [5.41, 5.74) is 0. The van der Waals surface area contributed by atoms with E-state index in [9.17, 15) is 9.59 Å². The fourth-order valence-corrected chi connectivity index (χ4v) is 1.62. The molecule has 9 heteroatoms. The zero-order valence-corrected chi connectivity index (χ0v) is 9.29. The lowest BCUT2D eigenvalue weighted by Gasteiger charge is -2.33. The summed E-state index contributed by atoms with van der Waals surface area (Å²) in [6.45, 7) is 1.75. The monoisotopic (exact) mass is 240 g/mol. The van der Waals surface area contributed by atoms with Crippen LogP contribution in [0.2, 0.25) is 0 Å². The van der Waals surface area contributed by atoms with E-state index in [2.05, 4.69) is 25.4 Å². The Kier molecular flexibility index (Phi) is 3.17. The third kappa shape index (κ3) is 2.32. The van der Waals surface area contributed by atoms with Crippen molar-refractivity contribution < 1.29 is 14.3 Å². The van der Waals surface area contributed by atoms with Crippen molar-refractivity contribution in [3.63, 3.8) is 0 Å². The first-order valence-electron chi connectivity index (χ1n) is 5.08. The summed E-state index contributed by atoms with van der Waals surface area (Å²) in [6.07, 6.45) is -0.378. The lowest BCUT2D eigenvalue weighted by atomic mass is 10.3. The number of ether oxygens (including phenoxy) is 1. The maximum absolute atomic E-state index is 11.8. The number of aromatic nitrogens is 4. The number of carbonyl (C=O) groups is 2. The normalized spacial score (nSPS) is 15.8. The molecule has 0 unspecified atom stereocenters. The van der Waals surface area contributed by atoms with E-state index in [4.69, 9.17) is 0 Å². The molecule has 0 aliphatic carbocycles.